The van der Waals surface area contributed by atoms with Crippen LogP contribution < -0.4 is 10.6 Å². The van der Waals surface area contributed by atoms with E-state index in [4.69, 9.17) is 5.73 Å². The van der Waals surface area contributed by atoms with E-state index in [1.54, 1.807) is 6.07 Å². The lowest BCUT2D eigenvalue weighted by atomic mass is 10.1. The molecule has 0 fully saturated rings. The highest BCUT2D eigenvalue weighted by molar-refractivity contribution is 9.10. The molecule has 2 N–H and O–H groups in total. The number of benzene rings is 2. The van der Waals surface area contributed by atoms with Crippen molar-refractivity contribution in [2.45, 2.75) is 13.1 Å². The Balaban J connectivity index is 1.97. The van der Waals surface area contributed by atoms with Gasteiger partial charge < -0.3 is 10.6 Å². The smallest absolute Gasteiger partial charge is 0.139 e. The molecule has 0 saturated heterocycles. The molecule has 0 spiro atoms. The Kier molecular flexibility index (Phi) is 2.74. The summed E-state index contributed by atoms with van der Waals surface area (Å²) in [6, 6.07) is 11.3. The molecule has 1 heterocycles. The third-order valence-electron chi connectivity index (χ3n) is 3.25. The van der Waals surface area contributed by atoms with Crippen molar-refractivity contribution in [2.75, 3.05) is 10.6 Å². The summed E-state index contributed by atoms with van der Waals surface area (Å²) in [4.78, 5) is 2.09. The maximum absolute atomic E-state index is 13.6. The Hall–Kier alpha value is -1.55. The number of rotatable bonds is 1. The van der Waals surface area contributed by atoms with Gasteiger partial charge in [0.15, 0.2) is 0 Å². The number of nitrogen functional groups attached to an aromatic ring is 1. The van der Waals surface area contributed by atoms with Crippen LogP contribution in [0.15, 0.2) is 40.9 Å². The molecule has 2 aromatic carbocycles. The first-order valence-electron chi connectivity index (χ1n) is 5.71. The lowest BCUT2D eigenvalue weighted by Gasteiger charge is -2.20. The van der Waals surface area contributed by atoms with E-state index in [9.17, 15) is 4.39 Å². The standard InChI is InChI=1S/C14H12BrFN2/c15-11-5-13(17)14(6-12(11)16)18-7-9-3-1-2-4-10(9)8-18/h1-6H,7-8,17H2. The van der Waals surface area contributed by atoms with Crippen molar-refractivity contribution in [3.05, 3.63) is 57.8 Å². The van der Waals surface area contributed by atoms with E-state index in [1.807, 2.05) is 12.1 Å². The fourth-order valence-corrected chi connectivity index (χ4v) is 2.69. The van der Waals surface area contributed by atoms with E-state index < -0.39 is 0 Å². The van der Waals surface area contributed by atoms with Crippen molar-refractivity contribution in [2.24, 2.45) is 0 Å². The first-order valence-corrected chi connectivity index (χ1v) is 6.50. The van der Waals surface area contributed by atoms with Crippen molar-refractivity contribution in [3.63, 3.8) is 0 Å². The predicted octanol–water partition coefficient (Wildman–Crippen LogP) is 3.69. The van der Waals surface area contributed by atoms with Crippen LogP contribution >= 0.6 is 15.9 Å². The zero-order chi connectivity index (χ0) is 12.7. The Bertz CT molecular complexity index is 588. The van der Waals surface area contributed by atoms with Gasteiger partial charge in [-0.25, -0.2) is 4.39 Å². The molecule has 92 valence electrons. The summed E-state index contributed by atoms with van der Waals surface area (Å²) in [7, 11) is 0. The minimum atomic E-state index is -0.282. The topological polar surface area (TPSA) is 29.3 Å². The zero-order valence-corrected chi connectivity index (χ0v) is 11.2. The summed E-state index contributed by atoms with van der Waals surface area (Å²) in [5.41, 5.74) is 9.87. The van der Waals surface area contributed by atoms with E-state index in [0.717, 1.165) is 18.8 Å². The van der Waals surface area contributed by atoms with Gasteiger partial charge in [0, 0.05) is 19.2 Å². The summed E-state index contributed by atoms with van der Waals surface area (Å²) in [5.74, 6) is -0.282. The summed E-state index contributed by atoms with van der Waals surface area (Å²) in [6.07, 6.45) is 0. The number of hydrogen-bond donors (Lipinski definition) is 1. The minimum absolute atomic E-state index is 0.282. The van der Waals surface area contributed by atoms with Gasteiger partial charge in [0.2, 0.25) is 0 Å². The molecule has 0 radical (unpaired) electrons. The van der Waals surface area contributed by atoms with Gasteiger partial charge in [-0.15, -0.1) is 0 Å². The summed E-state index contributed by atoms with van der Waals surface area (Å²) < 4.78 is 14.0. The monoisotopic (exact) mass is 306 g/mol. The average molecular weight is 307 g/mol. The highest BCUT2D eigenvalue weighted by Gasteiger charge is 2.21. The third kappa shape index (κ3) is 1.86. The van der Waals surface area contributed by atoms with Crippen molar-refractivity contribution >= 4 is 27.3 Å². The van der Waals surface area contributed by atoms with Crippen LogP contribution in [0.4, 0.5) is 15.8 Å². The predicted molar refractivity (Wildman–Crippen MR) is 74.8 cm³/mol. The fourth-order valence-electron chi connectivity index (χ4n) is 2.33. The molecule has 18 heavy (non-hydrogen) atoms. The molecule has 2 aromatic rings. The first kappa shape index (κ1) is 11.5. The van der Waals surface area contributed by atoms with Gasteiger partial charge >= 0.3 is 0 Å². The molecule has 1 aliphatic rings. The van der Waals surface area contributed by atoms with Gasteiger partial charge in [0.1, 0.15) is 5.82 Å². The van der Waals surface area contributed by atoms with Crippen LogP contribution in [-0.4, -0.2) is 0 Å². The molecule has 0 amide bonds. The van der Waals surface area contributed by atoms with Crippen molar-refractivity contribution in [1.29, 1.82) is 0 Å². The molecule has 0 saturated carbocycles. The lowest BCUT2D eigenvalue weighted by molar-refractivity contribution is 0.620. The number of fused-ring (bicyclic) bond motifs is 1. The van der Waals surface area contributed by atoms with Gasteiger partial charge in [0.25, 0.3) is 0 Å². The molecule has 0 bridgehead atoms. The highest BCUT2D eigenvalue weighted by Crippen LogP contribution is 2.34. The van der Waals surface area contributed by atoms with Crippen LogP contribution in [0, 0.1) is 5.82 Å². The van der Waals surface area contributed by atoms with Crippen LogP contribution in [0.1, 0.15) is 11.1 Å². The molecular formula is C14H12BrFN2. The third-order valence-corrected chi connectivity index (χ3v) is 3.86. The largest absolute Gasteiger partial charge is 0.397 e. The number of nitrogens with two attached hydrogens (primary N) is 1. The van der Waals surface area contributed by atoms with E-state index >= 15 is 0 Å². The second kappa shape index (κ2) is 4.28. The van der Waals surface area contributed by atoms with Gasteiger partial charge in [-0.2, -0.15) is 0 Å². The number of halogens is 2. The molecule has 1 aliphatic heterocycles. The molecule has 4 heteroatoms. The molecule has 2 nitrogen and oxygen atoms in total. The second-order valence-corrected chi connectivity index (χ2v) is 5.30. The van der Waals surface area contributed by atoms with Crippen LogP contribution in [0.2, 0.25) is 0 Å². The maximum atomic E-state index is 13.6. The van der Waals surface area contributed by atoms with E-state index in [2.05, 4.69) is 33.0 Å². The Morgan fingerprint density at radius 3 is 2.33 bits per heavy atom. The summed E-state index contributed by atoms with van der Waals surface area (Å²) in [5, 5.41) is 0. The molecule has 3 rings (SSSR count). The van der Waals surface area contributed by atoms with Crippen LogP contribution in [-0.2, 0) is 13.1 Å². The molecule has 0 aliphatic carbocycles. The fraction of sp³-hybridized carbons (Fsp3) is 0.143. The quantitative estimate of drug-likeness (QED) is 0.814. The normalized spacial score (nSPS) is 13.8. The zero-order valence-electron chi connectivity index (χ0n) is 9.66. The number of nitrogens with zero attached hydrogens (tertiary/aromatic N) is 1. The maximum Gasteiger partial charge on any atom is 0.139 e. The van der Waals surface area contributed by atoms with Crippen LogP contribution in [0.25, 0.3) is 0 Å². The van der Waals surface area contributed by atoms with Crippen molar-refractivity contribution in [1.82, 2.24) is 0 Å². The first-order chi connectivity index (χ1) is 8.65. The van der Waals surface area contributed by atoms with Crippen LogP contribution in [0.3, 0.4) is 0 Å². The lowest BCUT2D eigenvalue weighted by Crippen LogP contribution is -2.16. The van der Waals surface area contributed by atoms with Crippen molar-refractivity contribution in [3.8, 4) is 0 Å². The SMILES string of the molecule is Nc1cc(Br)c(F)cc1N1Cc2ccccc2C1. The Morgan fingerprint density at radius 2 is 1.72 bits per heavy atom. The van der Waals surface area contributed by atoms with E-state index in [1.165, 1.54) is 17.2 Å². The Morgan fingerprint density at radius 1 is 1.11 bits per heavy atom. The van der Waals surface area contributed by atoms with E-state index in [-0.39, 0.29) is 5.82 Å². The number of hydrogen-bond acceptors (Lipinski definition) is 2. The molecule has 0 aromatic heterocycles. The Labute approximate surface area is 113 Å². The van der Waals surface area contributed by atoms with Gasteiger partial charge in [-0.05, 0) is 33.1 Å². The average Bonchev–Trinajstić information content (AvgIpc) is 2.77. The van der Waals surface area contributed by atoms with Crippen molar-refractivity contribution < 1.29 is 4.39 Å². The second-order valence-electron chi connectivity index (χ2n) is 4.45. The molecule has 0 unspecified atom stereocenters. The number of anilines is 2. The van der Waals surface area contributed by atoms with Gasteiger partial charge in [-0.3, -0.25) is 0 Å². The summed E-state index contributed by atoms with van der Waals surface area (Å²) in [6.45, 7) is 1.56. The summed E-state index contributed by atoms with van der Waals surface area (Å²) >= 11 is 3.14. The van der Waals surface area contributed by atoms with E-state index in [0.29, 0.717) is 10.2 Å². The highest BCUT2D eigenvalue weighted by atomic mass is 79.9. The van der Waals surface area contributed by atoms with Gasteiger partial charge in [0.05, 0.1) is 15.8 Å². The van der Waals surface area contributed by atoms with Crippen LogP contribution in [0.5, 0.6) is 0 Å². The molecule has 0 atom stereocenters. The minimum Gasteiger partial charge on any atom is -0.397 e. The molecular weight excluding hydrogens is 295 g/mol. The van der Waals surface area contributed by atoms with Gasteiger partial charge in [-0.1, -0.05) is 24.3 Å².